The van der Waals surface area contributed by atoms with Crippen LogP contribution < -0.4 is 14.2 Å². The Labute approximate surface area is 148 Å². The summed E-state index contributed by atoms with van der Waals surface area (Å²) in [6.45, 7) is 0.572. The lowest BCUT2D eigenvalue weighted by atomic mass is 10.1. The summed E-state index contributed by atoms with van der Waals surface area (Å²) in [5.41, 5.74) is 1.64. The molecule has 1 saturated carbocycles. The highest BCUT2D eigenvalue weighted by atomic mass is 16.5. The van der Waals surface area contributed by atoms with E-state index >= 15 is 0 Å². The molecular formula is C20H23NO4. The summed E-state index contributed by atoms with van der Waals surface area (Å²) < 4.78 is 15.8. The molecule has 132 valence electrons. The van der Waals surface area contributed by atoms with Gasteiger partial charge in [0.05, 0.1) is 26.9 Å². The van der Waals surface area contributed by atoms with Gasteiger partial charge in [-0.2, -0.15) is 0 Å². The van der Waals surface area contributed by atoms with Crippen LogP contribution in [0.4, 0.5) is 0 Å². The quantitative estimate of drug-likeness (QED) is 0.773. The molecule has 1 amide bonds. The van der Waals surface area contributed by atoms with Gasteiger partial charge in [-0.05, 0) is 42.7 Å². The van der Waals surface area contributed by atoms with E-state index in [1.54, 1.807) is 39.5 Å². The zero-order valence-corrected chi connectivity index (χ0v) is 14.8. The number of nitrogens with zero attached hydrogens (tertiary/aromatic N) is 1. The van der Waals surface area contributed by atoms with Crippen molar-refractivity contribution in [3.8, 4) is 17.2 Å². The molecule has 2 aromatic rings. The van der Waals surface area contributed by atoms with Gasteiger partial charge in [0.15, 0.2) is 0 Å². The second kappa shape index (κ2) is 7.47. The highest BCUT2D eigenvalue weighted by Crippen LogP contribution is 2.33. The van der Waals surface area contributed by atoms with Gasteiger partial charge < -0.3 is 19.1 Å². The van der Waals surface area contributed by atoms with E-state index in [9.17, 15) is 4.79 Å². The molecular weight excluding hydrogens is 318 g/mol. The molecule has 1 aliphatic carbocycles. The predicted molar refractivity (Wildman–Crippen MR) is 95.4 cm³/mol. The van der Waals surface area contributed by atoms with Crippen molar-refractivity contribution in [2.45, 2.75) is 25.4 Å². The number of benzene rings is 2. The average molecular weight is 341 g/mol. The molecule has 0 radical (unpaired) electrons. The SMILES string of the molecule is COc1ccc(CN(C(=O)c2ccc(OC)cc2OC)C2CC2)cc1. The number of ether oxygens (including phenoxy) is 3. The van der Waals surface area contributed by atoms with Gasteiger partial charge in [-0.3, -0.25) is 4.79 Å². The first kappa shape index (κ1) is 17.1. The molecule has 0 bridgehead atoms. The molecule has 5 heteroatoms. The van der Waals surface area contributed by atoms with E-state index < -0.39 is 0 Å². The van der Waals surface area contributed by atoms with Crippen molar-refractivity contribution in [2.75, 3.05) is 21.3 Å². The third kappa shape index (κ3) is 3.87. The van der Waals surface area contributed by atoms with Crippen LogP contribution in [0.15, 0.2) is 42.5 Å². The third-order valence-corrected chi connectivity index (χ3v) is 4.40. The lowest BCUT2D eigenvalue weighted by Gasteiger charge is -2.24. The van der Waals surface area contributed by atoms with E-state index in [1.807, 2.05) is 29.2 Å². The Balaban J connectivity index is 1.83. The van der Waals surface area contributed by atoms with Gasteiger partial charge in [-0.1, -0.05) is 12.1 Å². The molecule has 1 fully saturated rings. The lowest BCUT2D eigenvalue weighted by molar-refractivity contribution is 0.0726. The summed E-state index contributed by atoms with van der Waals surface area (Å²) in [6, 6.07) is 13.4. The van der Waals surface area contributed by atoms with Crippen molar-refractivity contribution in [3.05, 3.63) is 53.6 Å². The largest absolute Gasteiger partial charge is 0.497 e. The minimum Gasteiger partial charge on any atom is -0.497 e. The number of rotatable bonds is 7. The first-order valence-corrected chi connectivity index (χ1v) is 8.32. The van der Waals surface area contributed by atoms with Crippen LogP contribution in [0.3, 0.4) is 0 Å². The number of hydrogen-bond donors (Lipinski definition) is 0. The lowest BCUT2D eigenvalue weighted by Crippen LogP contribution is -2.32. The van der Waals surface area contributed by atoms with Crippen LogP contribution in [0, 0.1) is 0 Å². The van der Waals surface area contributed by atoms with Gasteiger partial charge in [0.25, 0.3) is 5.91 Å². The third-order valence-electron chi connectivity index (χ3n) is 4.40. The zero-order valence-electron chi connectivity index (χ0n) is 14.8. The Morgan fingerprint density at radius 1 is 0.960 bits per heavy atom. The number of carbonyl (C=O) groups excluding carboxylic acids is 1. The van der Waals surface area contributed by atoms with Gasteiger partial charge in [0.2, 0.25) is 0 Å². The normalized spacial score (nSPS) is 13.2. The van der Waals surface area contributed by atoms with Crippen LogP contribution in [0.2, 0.25) is 0 Å². The molecule has 1 aliphatic rings. The number of amides is 1. The Bertz CT molecular complexity index is 738. The molecule has 0 aliphatic heterocycles. The van der Waals surface area contributed by atoms with Crippen LogP contribution >= 0.6 is 0 Å². The first-order chi connectivity index (χ1) is 12.2. The number of hydrogen-bond acceptors (Lipinski definition) is 4. The maximum atomic E-state index is 13.1. The Morgan fingerprint density at radius 2 is 1.60 bits per heavy atom. The van der Waals surface area contributed by atoms with Crippen LogP contribution in [0.1, 0.15) is 28.8 Å². The van der Waals surface area contributed by atoms with E-state index in [1.165, 1.54) is 0 Å². The highest BCUT2D eigenvalue weighted by molar-refractivity contribution is 5.97. The molecule has 25 heavy (non-hydrogen) atoms. The van der Waals surface area contributed by atoms with E-state index in [-0.39, 0.29) is 5.91 Å². The zero-order chi connectivity index (χ0) is 17.8. The minimum atomic E-state index is -0.0159. The Hall–Kier alpha value is -2.69. The maximum Gasteiger partial charge on any atom is 0.258 e. The molecule has 0 heterocycles. The molecule has 0 N–H and O–H groups in total. The van der Waals surface area contributed by atoms with Gasteiger partial charge in [-0.25, -0.2) is 0 Å². The fourth-order valence-corrected chi connectivity index (χ4v) is 2.81. The second-order valence-electron chi connectivity index (χ2n) is 6.08. The fourth-order valence-electron chi connectivity index (χ4n) is 2.81. The summed E-state index contributed by atoms with van der Waals surface area (Å²) >= 11 is 0. The van der Waals surface area contributed by atoms with Crippen molar-refractivity contribution >= 4 is 5.91 Å². The molecule has 5 nitrogen and oxygen atoms in total. The molecule has 0 saturated heterocycles. The van der Waals surface area contributed by atoms with Gasteiger partial charge in [-0.15, -0.1) is 0 Å². The number of methoxy groups -OCH3 is 3. The summed E-state index contributed by atoms with van der Waals surface area (Å²) in [5.74, 6) is 1.99. The standard InChI is InChI=1S/C20H23NO4/c1-23-16-8-4-14(5-9-16)13-21(15-6-7-15)20(22)18-11-10-17(24-2)12-19(18)25-3/h4-5,8-12,15H,6-7,13H2,1-3H3. The summed E-state index contributed by atoms with van der Waals surface area (Å²) in [6.07, 6.45) is 2.08. The highest BCUT2D eigenvalue weighted by Gasteiger charge is 2.34. The molecule has 2 aromatic carbocycles. The maximum absolute atomic E-state index is 13.1. The van der Waals surface area contributed by atoms with E-state index in [4.69, 9.17) is 14.2 Å². The molecule has 0 aromatic heterocycles. The first-order valence-electron chi connectivity index (χ1n) is 8.32. The monoisotopic (exact) mass is 341 g/mol. The van der Waals surface area contributed by atoms with Crippen LogP contribution in [0.5, 0.6) is 17.2 Å². The minimum absolute atomic E-state index is 0.0159. The summed E-state index contributed by atoms with van der Waals surface area (Å²) in [4.78, 5) is 15.0. The van der Waals surface area contributed by atoms with Gasteiger partial charge in [0, 0.05) is 18.7 Å². The smallest absolute Gasteiger partial charge is 0.258 e. The molecule has 0 spiro atoms. The molecule has 0 atom stereocenters. The molecule has 3 rings (SSSR count). The van der Waals surface area contributed by atoms with Crippen LogP contribution in [0.25, 0.3) is 0 Å². The summed E-state index contributed by atoms with van der Waals surface area (Å²) in [7, 11) is 4.80. The van der Waals surface area contributed by atoms with E-state index in [2.05, 4.69) is 0 Å². The van der Waals surface area contributed by atoms with E-state index in [0.29, 0.717) is 29.6 Å². The Morgan fingerprint density at radius 3 is 2.16 bits per heavy atom. The average Bonchev–Trinajstić information content (AvgIpc) is 3.50. The van der Waals surface area contributed by atoms with Gasteiger partial charge >= 0.3 is 0 Å². The van der Waals surface area contributed by atoms with Crippen molar-refractivity contribution in [2.24, 2.45) is 0 Å². The molecule has 0 unspecified atom stereocenters. The van der Waals surface area contributed by atoms with Crippen molar-refractivity contribution < 1.29 is 19.0 Å². The van der Waals surface area contributed by atoms with E-state index in [0.717, 1.165) is 24.2 Å². The summed E-state index contributed by atoms with van der Waals surface area (Å²) in [5, 5.41) is 0. The Kier molecular flexibility index (Phi) is 5.12. The topological polar surface area (TPSA) is 48.0 Å². The van der Waals surface area contributed by atoms with Crippen LogP contribution in [-0.2, 0) is 6.54 Å². The van der Waals surface area contributed by atoms with Crippen LogP contribution in [-0.4, -0.2) is 38.2 Å². The van der Waals surface area contributed by atoms with Gasteiger partial charge in [0.1, 0.15) is 17.2 Å². The predicted octanol–water partition coefficient (Wildman–Crippen LogP) is 3.52. The van der Waals surface area contributed by atoms with Crippen molar-refractivity contribution in [1.29, 1.82) is 0 Å². The second-order valence-corrected chi connectivity index (χ2v) is 6.08. The van der Waals surface area contributed by atoms with Crippen molar-refractivity contribution in [3.63, 3.8) is 0 Å². The fraction of sp³-hybridized carbons (Fsp3) is 0.350. The van der Waals surface area contributed by atoms with Crippen molar-refractivity contribution in [1.82, 2.24) is 4.90 Å². The number of carbonyl (C=O) groups is 1.